The lowest BCUT2D eigenvalue weighted by molar-refractivity contribution is 0.167. The number of aliphatic hydroxyl groups is 1. The van der Waals surface area contributed by atoms with Crippen molar-refractivity contribution in [1.82, 2.24) is 9.78 Å². The van der Waals surface area contributed by atoms with Gasteiger partial charge in [-0.05, 0) is 36.6 Å². The zero-order valence-corrected chi connectivity index (χ0v) is 11.3. The largest absolute Gasteiger partial charge is 0.388 e. The number of aromatic nitrogens is 2. The van der Waals surface area contributed by atoms with Gasteiger partial charge in [0.25, 0.3) is 0 Å². The third kappa shape index (κ3) is 3.17. The summed E-state index contributed by atoms with van der Waals surface area (Å²) in [6.45, 7) is 0. The second-order valence-electron chi connectivity index (χ2n) is 4.06. The van der Waals surface area contributed by atoms with Gasteiger partial charge in [-0.25, -0.2) is 0 Å². The van der Waals surface area contributed by atoms with Gasteiger partial charge in [-0.15, -0.1) is 0 Å². The van der Waals surface area contributed by atoms with Gasteiger partial charge < -0.3 is 5.11 Å². The smallest absolute Gasteiger partial charge is 0.0794 e. The highest BCUT2D eigenvalue weighted by molar-refractivity contribution is 9.10. The summed E-state index contributed by atoms with van der Waals surface area (Å²) in [6.07, 6.45) is 2.88. The zero-order chi connectivity index (χ0) is 12.3. The second-order valence-corrected chi connectivity index (χ2v) is 4.97. The van der Waals surface area contributed by atoms with Crippen molar-refractivity contribution in [3.05, 3.63) is 52.3 Å². The van der Waals surface area contributed by atoms with Crippen molar-refractivity contribution in [3.63, 3.8) is 0 Å². The Kier molecular flexibility index (Phi) is 3.97. The molecule has 0 spiro atoms. The molecule has 0 aliphatic rings. The molecule has 0 aliphatic heterocycles. The van der Waals surface area contributed by atoms with E-state index in [9.17, 15) is 5.11 Å². The lowest BCUT2D eigenvalue weighted by atomic mass is 10.0. The number of benzene rings is 1. The molecule has 1 N–H and O–H groups in total. The number of nitrogens with zero attached hydrogens (tertiary/aromatic N) is 2. The van der Waals surface area contributed by atoms with E-state index in [0.717, 1.165) is 22.2 Å². The van der Waals surface area contributed by atoms with Crippen molar-refractivity contribution >= 4 is 15.9 Å². The number of hydrogen-bond acceptors (Lipinski definition) is 2. The van der Waals surface area contributed by atoms with Gasteiger partial charge in [-0.3, -0.25) is 4.68 Å². The Labute approximate surface area is 109 Å². The van der Waals surface area contributed by atoms with Crippen LogP contribution < -0.4 is 0 Å². The minimum absolute atomic E-state index is 0.428. The summed E-state index contributed by atoms with van der Waals surface area (Å²) < 4.78 is 2.84. The number of aliphatic hydroxyl groups excluding tert-OH is 1. The van der Waals surface area contributed by atoms with Gasteiger partial charge in [0.2, 0.25) is 0 Å². The van der Waals surface area contributed by atoms with E-state index in [1.807, 2.05) is 42.1 Å². The molecule has 0 aliphatic carbocycles. The quantitative estimate of drug-likeness (QED) is 0.942. The van der Waals surface area contributed by atoms with Crippen LogP contribution in [0.4, 0.5) is 0 Å². The van der Waals surface area contributed by atoms with E-state index < -0.39 is 6.10 Å². The maximum absolute atomic E-state index is 10.1. The molecule has 1 aromatic heterocycles. The van der Waals surface area contributed by atoms with Gasteiger partial charge in [0.05, 0.1) is 6.10 Å². The Balaban J connectivity index is 1.98. The standard InChI is InChI=1S/C13H15BrN2O/c1-16-12(7-8-15-16)5-6-13(17)10-3-2-4-11(14)9-10/h2-4,7-9,13,17H,5-6H2,1H3. The fourth-order valence-electron chi connectivity index (χ4n) is 1.81. The fraction of sp³-hybridized carbons (Fsp3) is 0.308. The summed E-state index contributed by atoms with van der Waals surface area (Å²) in [7, 11) is 1.92. The third-order valence-corrected chi connectivity index (χ3v) is 3.32. The van der Waals surface area contributed by atoms with Crippen LogP contribution in [0.5, 0.6) is 0 Å². The Morgan fingerprint density at radius 2 is 2.24 bits per heavy atom. The molecule has 2 rings (SSSR count). The lowest BCUT2D eigenvalue weighted by Crippen LogP contribution is -2.03. The van der Waals surface area contributed by atoms with Crippen LogP contribution in [0.15, 0.2) is 41.0 Å². The van der Waals surface area contributed by atoms with Gasteiger partial charge in [-0.2, -0.15) is 5.10 Å². The van der Waals surface area contributed by atoms with E-state index >= 15 is 0 Å². The van der Waals surface area contributed by atoms with Crippen molar-refractivity contribution < 1.29 is 5.11 Å². The minimum atomic E-state index is -0.428. The lowest BCUT2D eigenvalue weighted by Gasteiger charge is -2.11. The van der Waals surface area contributed by atoms with E-state index in [1.165, 1.54) is 0 Å². The average Bonchev–Trinajstić information content (AvgIpc) is 2.72. The maximum Gasteiger partial charge on any atom is 0.0794 e. The topological polar surface area (TPSA) is 38.0 Å². The molecule has 0 saturated heterocycles. The highest BCUT2D eigenvalue weighted by Gasteiger charge is 2.09. The van der Waals surface area contributed by atoms with Crippen LogP contribution in [-0.2, 0) is 13.5 Å². The first-order chi connectivity index (χ1) is 8.16. The molecule has 1 atom stereocenters. The second kappa shape index (κ2) is 5.47. The minimum Gasteiger partial charge on any atom is -0.388 e. The zero-order valence-electron chi connectivity index (χ0n) is 9.68. The van der Waals surface area contributed by atoms with E-state index in [4.69, 9.17) is 0 Å². The molecular formula is C13H15BrN2O. The molecule has 1 unspecified atom stereocenters. The molecule has 17 heavy (non-hydrogen) atoms. The first-order valence-corrected chi connectivity index (χ1v) is 6.36. The van der Waals surface area contributed by atoms with Crippen LogP contribution in [0.2, 0.25) is 0 Å². The SMILES string of the molecule is Cn1nccc1CCC(O)c1cccc(Br)c1. The highest BCUT2D eigenvalue weighted by atomic mass is 79.9. The molecule has 0 saturated carbocycles. The normalized spacial score (nSPS) is 12.6. The molecule has 1 aromatic carbocycles. The fourth-order valence-corrected chi connectivity index (χ4v) is 2.23. The van der Waals surface area contributed by atoms with Gasteiger partial charge in [0.15, 0.2) is 0 Å². The highest BCUT2D eigenvalue weighted by Crippen LogP contribution is 2.21. The van der Waals surface area contributed by atoms with Crippen molar-refractivity contribution in [2.24, 2.45) is 7.05 Å². The maximum atomic E-state index is 10.1. The number of rotatable bonds is 4. The van der Waals surface area contributed by atoms with Gasteiger partial charge >= 0.3 is 0 Å². The molecule has 0 amide bonds. The Bertz CT molecular complexity index is 496. The van der Waals surface area contributed by atoms with Crippen molar-refractivity contribution in [2.75, 3.05) is 0 Å². The summed E-state index contributed by atoms with van der Waals surface area (Å²) in [5.41, 5.74) is 2.08. The number of aryl methyl sites for hydroxylation is 2. The van der Waals surface area contributed by atoms with Crippen LogP contribution >= 0.6 is 15.9 Å². The molecule has 0 radical (unpaired) electrons. The Morgan fingerprint density at radius 3 is 2.88 bits per heavy atom. The van der Waals surface area contributed by atoms with Crippen LogP contribution in [0.1, 0.15) is 23.8 Å². The Hall–Kier alpha value is -1.13. The monoisotopic (exact) mass is 294 g/mol. The number of hydrogen-bond donors (Lipinski definition) is 1. The van der Waals surface area contributed by atoms with Crippen LogP contribution in [0.25, 0.3) is 0 Å². The first kappa shape index (κ1) is 12.3. The van der Waals surface area contributed by atoms with E-state index in [0.29, 0.717) is 6.42 Å². The summed E-state index contributed by atoms with van der Waals surface area (Å²) in [6, 6.07) is 9.77. The van der Waals surface area contributed by atoms with Crippen molar-refractivity contribution in [1.29, 1.82) is 0 Å². The summed E-state index contributed by atoms with van der Waals surface area (Å²) in [4.78, 5) is 0. The van der Waals surface area contributed by atoms with E-state index in [2.05, 4.69) is 21.0 Å². The summed E-state index contributed by atoms with van der Waals surface area (Å²) >= 11 is 3.41. The van der Waals surface area contributed by atoms with E-state index in [1.54, 1.807) is 6.20 Å². The summed E-state index contributed by atoms with van der Waals surface area (Å²) in [5.74, 6) is 0. The van der Waals surface area contributed by atoms with Crippen molar-refractivity contribution in [3.8, 4) is 0 Å². The first-order valence-electron chi connectivity index (χ1n) is 5.57. The van der Waals surface area contributed by atoms with Crippen LogP contribution in [0.3, 0.4) is 0 Å². The average molecular weight is 295 g/mol. The van der Waals surface area contributed by atoms with Crippen molar-refractivity contribution in [2.45, 2.75) is 18.9 Å². The third-order valence-electron chi connectivity index (χ3n) is 2.83. The molecule has 3 nitrogen and oxygen atoms in total. The summed E-state index contributed by atoms with van der Waals surface area (Å²) in [5, 5.41) is 14.2. The van der Waals surface area contributed by atoms with Gasteiger partial charge in [0.1, 0.15) is 0 Å². The van der Waals surface area contributed by atoms with Crippen LogP contribution in [0, 0.1) is 0 Å². The predicted octanol–water partition coefficient (Wildman–Crippen LogP) is 2.85. The molecule has 0 bridgehead atoms. The number of halogens is 1. The predicted molar refractivity (Wildman–Crippen MR) is 70.6 cm³/mol. The molecule has 4 heteroatoms. The molecule has 1 heterocycles. The van der Waals surface area contributed by atoms with Gasteiger partial charge in [-0.1, -0.05) is 28.1 Å². The Morgan fingerprint density at radius 1 is 1.41 bits per heavy atom. The molecular weight excluding hydrogens is 280 g/mol. The van der Waals surface area contributed by atoms with Gasteiger partial charge in [0, 0.05) is 23.4 Å². The molecule has 2 aromatic rings. The molecule has 90 valence electrons. The van der Waals surface area contributed by atoms with E-state index in [-0.39, 0.29) is 0 Å². The molecule has 0 fully saturated rings. The van der Waals surface area contributed by atoms with Crippen LogP contribution in [-0.4, -0.2) is 14.9 Å².